The molecule has 9 heteroatoms. The summed E-state index contributed by atoms with van der Waals surface area (Å²) < 4.78 is 37.0. The van der Waals surface area contributed by atoms with Gasteiger partial charge < -0.3 is 10.6 Å². The first kappa shape index (κ1) is 21.1. The largest absolute Gasteiger partial charge is 0.401 e. The summed E-state index contributed by atoms with van der Waals surface area (Å²) in [7, 11) is 0. The summed E-state index contributed by atoms with van der Waals surface area (Å²) >= 11 is 1.72. The number of hydrogen-bond donors (Lipinski definition) is 2. The molecule has 1 saturated heterocycles. The van der Waals surface area contributed by atoms with Crippen molar-refractivity contribution in [3.05, 3.63) is 0 Å². The van der Waals surface area contributed by atoms with E-state index in [1.165, 1.54) is 4.90 Å². The predicted octanol–water partition coefficient (Wildman–Crippen LogP) is 2.16. The summed E-state index contributed by atoms with van der Waals surface area (Å²) in [6.07, 6.45) is -1.39. The Bertz CT molecular complexity index is 315. The van der Waals surface area contributed by atoms with Crippen LogP contribution in [0.15, 0.2) is 4.99 Å². The first-order valence-corrected chi connectivity index (χ1v) is 8.17. The van der Waals surface area contributed by atoms with Gasteiger partial charge in [0.25, 0.3) is 0 Å². The maximum atomic E-state index is 12.3. The summed E-state index contributed by atoms with van der Waals surface area (Å²) in [4.78, 5) is 5.83. The van der Waals surface area contributed by atoms with E-state index < -0.39 is 12.7 Å². The number of nitrogens with zero attached hydrogens (tertiary/aromatic N) is 2. The molecule has 1 fully saturated rings. The molecule has 0 aromatic rings. The Morgan fingerprint density at radius 2 is 2.14 bits per heavy atom. The molecule has 126 valence electrons. The molecule has 2 N–H and O–H groups in total. The molecule has 1 aliphatic heterocycles. The fourth-order valence-electron chi connectivity index (χ4n) is 2.11. The van der Waals surface area contributed by atoms with E-state index in [0.29, 0.717) is 32.0 Å². The molecule has 1 aliphatic rings. The van der Waals surface area contributed by atoms with Crippen LogP contribution >= 0.6 is 35.7 Å². The Morgan fingerprint density at radius 3 is 2.71 bits per heavy atom. The van der Waals surface area contributed by atoms with E-state index >= 15 is 0 Å². The zero-order valence-electron chi connectivity index (χ0n) is 12.4. The molecule has 0 aromatic heterocycles. The van der Waals surface area contributed by atoms with Crippen molar-refractivity contribution < 1.29 is 13.2 Å². The third-order valence-corrected chi connectivity index (χ3v) is 3.52. The van der Waals surface area contributed by atoms with Crippen LogP contribution in [-0.4, -0.2) is 67.8 Å². The molecule has 0 aliphatic carbocycles. The van der Waals surface area contributed by atoms with E-state index in [1.807, 2.05) is 13.2 Å². The number of rotatable bonds is 6. The van der Waals surface area contributed by atoms with Crippen molar-refractivity contribution >= 4 is 41.7 Å². The van der Waals surface area contributed by atoms with Crippen molar-refractivity contribution in [2.24, 2.45) is 4.99 Å². The van der Waals surface area contributed by atoms with Gasteiger partial charge in [-0.25, -0.2) is 0 Å². The number of nitrogens with one attached hydrogen (secondary N) is 2. The minimum Gasteiger partial charge on any atom is -0.357 e. The zero-order chi connectivity index (χ0) is 15.0. The van der Waals surface area contributed by atoms with Crippen LogP contribution in [0.2, 0.25) is 0 Å². The van der Waals surface area contributed by atoms with Crippen molar-refractivity contribution in [3.8, 4) is 0 Å². The highest BCUT2D eigenvalue weighted by atomic mass is 127. The molecule has 1 unspecified atom stereocenters. The van der Waals surface area contributed by atoms with Gasteiger partial charge in [-0.15, -0.1) is 24.0 Å². The molecule has 0 amide bonds. The fourth-order valence-corrected chi connectivity index (χ4v) is 2.38. The number of alkyl halides is 3. The molecule has 21 heavy (non-hydrogen) atoms. The predicted molar refractivity (Wildman–Crippen MR) is 93.8 cm³/mol. The SMILES string of the molecule is CCNC(=NCCSC)NC1CCN(CC(F)(F)F)C1.I. The van der Waals surface area contributed by atoms with Crippen LogP contribution in [-0.2, 0) is 0 Å². The second-order valence-electron chi connectivity index (χ2n) is 4.73. The summed E-state index contributed by atoms with van der Waals surface area (Å²) in [6.45, 7) is 3.47. The highest BCUT2D eigenvalue weighted by Crippen LogP contribution is 2.19. The van der Waals surface area contributed by atoms with Crippen molar-refractivity contribution in [1.82, 2.24) is 15.5 Å². The standard InChI is InChI=1S/C12H23F3N4S.HI/c1-3-16-11(17-5-7-20-2)18-10-4-6-19(8-10)9-12(13,14)15;/h10H,3-9H2,1-2H3,(H2,16,17,18);1H. The summed E-state index contributed by atoms with van der Waals surface area (Å²) in [6, 6.07) is 0.0319. The Kier molecular flexibility index (Phi) is 10.8. The number of likely N-dealkylation sites (tertiary alicyclic amines) is 1. The van der Waals surface area contributed by atoms with Gasteiger partial charge in [-0.3, -0.25) is 9.89 Å². The van der Waals surface area contributed by atoms with Crippen LogP contribution < -0.4 is 10.6 Å². The van der Waals surface area contributed by atoms with E-state index in [-0.39, 0.29) is 30.0 Å². The fraction of sp³-hybridized carbons (Fsp3) is 0.917. The molecule has 0 saturated carbocycles. The Balaban J connectivity index is 0.00000400. The van der Waals surface area contributed by atoms with Gasteiger partial charge in [-0.2, -0.15) is 24.9 Å². The second-order valence-corrected chi connectivity index (χ2v) is 5.72. The zero-order valence-corrected chi connectivity index (χ0v) is 15.5. The third-order valence-electron chi connectivity index (χ3n) is 2.93. The smallest absolute Gasteiger partial charge is 0.357 e. The average Bonchev–Trinajstić information content (AvgIpc) is 2.74. The number of hydrogen-bond acceptors (Lipinski definition) is 3. The maximum absolute atomic E-state index is 12.3. The minimum absolute atomic E-state index is 0. The van der Waals surface area contributed by atoms with E-state index in [0.717, 1.165) is 12.3 Å². The second kappa shape index (κ2) is 10.8. The molecule has 1 heterocycles. The maximum Gasteiger partial charge on any atom is 0.401 e. The Morgan fingerprint density at radius 1 is 1.43 bits per heavy atom. The summed E-state index contributed by atoms with van der Waals surface area (Å²) in [5.41, 5.74) is 0. The van der Waals surface area contributed by atoms with E-state index in [9.17, 15) is 13.2 Å². The molecule has 1 atom stereocenters. The third kappa shape index (κ3) is 9.67. The molecular formula is C12H24F3IN4S. The van der Waals surface area contributed by atoms with Gasteiger partial charge in [0, 0.05) is 31.4 Å². The van der Waals surface area contributed by atoms with Crippen LogP contribution in [0.25, 0.3) is 0 Å². The van der Waals surface area contributed by atoms with E-state index in [2.05, 4.69) is 15.6 Å². The lowest BCUT2D eigenvalue weighted by Gasteiger charge is -2.19. The lowest BCUT2D eigenvalue weighted by molar-refractivity contribution is -0.143. The first-order chi connectivity index (χ1) is 9.44. The van der Waals surface area contributed by atoms with E-state index in [1.54, 1.807) is 11.8 Å². The van der Waals surface area contributed by atoms with Gasteiger partial charge in [0.1, 0.15) is 0 Å². The normalized spacial score (nSPS) is 20.2. The molecular weight excluding hydrogens is 416 g/mol. The van der Waals surface area contributed by atoms with Crippen molar-refractivity contribution in [2.75, 3.05) is 44.7 Å². The van der Waals surface area contributed by atoms with Gasteiger partial charge in [0.15, 0.2) is 5.96 Å². The van der Waals surface area contributed by atoms with Gasteiger partial charge in [-0.05, 0) is 19.6 Å². The first-order valence-electron chi connectivity index (χ1n) is 6.77. The number of thioether (sulfide) groups is 1. The van der Waals surface area contributed by atoms with Gasteiger partial charge in [0.05, 0.1) is 13.1 Å². The number of halogens is 4. The molecule has 4 nitrogen and oxygen atoms in total. The van der Waals surface area contributed by atoms with Crippen LogP contribution in [0, 0.1) is 0 Å². The van der Waals surface area contributed by atoms with Crippen LogP contribution in [0.3, 0.4) is 0 Å². The van der Waals surface area contributed by atoms with Gasteiger partial charge in [0.2, 0.25) is 0 Å². The van der Waals surface area contributed by atoms with Gasteiger partial charge in [-0.1, -0.05) is 0 Å². The topological polar surface area (TPSA) is 39.7 Å². The number of guanidine groups is 1. The average molecular weight is 440 g/mol. The number of aliphatic imine (C=N–C) groups is 1. The van der Waals surface area contributed by atoms with Crippen molar-refractivity contribution in [2.45, 2.75) is 25.6 Å². The molecule has 1 rings (SSSR count). The van der Waals surface area contributed by atoms with Crippen molar-refractivity contribution in [3.63, 3.8) is 0 Å². The quantitative estimate of drug-likeness (QED) is 0.288. The summed E-state index contributed by atoms with van der Waals surface area (Å²) in [5, 5.41) is 6.33. The lowest BCUT2D eigenvalue weighted by Crippen LogP contribution is -2.45. The monoisotopic (exact) mass is 440 g/mol. The Labute approximate surface area is 145 Å². The summed E-state index contributed by atoms with van der Waals surface area (Å²) in [5.74, 6) is 1.63. The van der Waals surface area contributed by atoms with Crippen LogP contribution in [0.1, 0.15) is 13.3 Å². The highest BCUT2D eigenvalue weighted by molar-refractivity contribution is 14.0. The van der Waals surface area contributed by atoms with Crippen LogP contribution in [0.4, 0.5) is 13.2 Å². The molecule has 0 aromatic carbocycles. The minimum atomic E-state index is -4.12. The molecule has 0 spiro atoms. The van der Waals surface area contributed by atoms with Gasteiger partial charge >= 0.3 is 6.18 Å². The van der Waals surface area contributed by atoms with E-state index in [4.69, 9.17) is 0 Å². The lowest BCUT2D eigenvalue weighted by atomic mass is 10.3. The highest BCUT2D eigenvalue weighted by Gasteiger charge is 2.34. The van der Waals surface area contributed by atoms with Crippen molar-refractivity contribution in [1.29, 1.82) is 0 Å². The Hall–Kier alpha value is 0.1000. The van der Waals surface area contributed by atoms with Crippen LogP contribution in [0.5, 0.6) is 0 Å². The molecule has 0 radical (unpaired) electrons. The molecule has 0 bridgehead atoms.